The van der Waals surface area contributed by atoms with Crippen molar-refractivity contribution in [1.29, 1.82) is 0 Å². The summed E-state index contributed by atoms with van der Waals surface area (Å²) in [5.41, 5.74) is 0.897. The Morgan fingerprint density at radius 3 is 2.93 bits per heavy atom. The van der Waals surface area contributed by atoms with Crippen LogP contribution in [0.25, 0.3) is 6.08 Å². The number of hydrogen-bond donors (Lipinski definition) is 1. The first-order valence-corrected chi connectivity index (χ1v) is 5.90. The minimum Gasteiger partial charge on any atom is -0.311 e. The van der Waals surface area contributed by atoms with Gasteiger partial charge in [-0.2, -0.15) is 0 Å². The molecule has 0 heterocycles. The van der Waals surface area contributed by atoms with E-state index in [0.29, 0.717) is 4.47 Å². The Morgan fingerprint density at radius 2 is 2.27 bits per heavy atom. The molecule has 0 atom stereocenters. The van der Waals surface area contributed by atoms with Gasteiger partial charge in [0.25, 0.3) is 0 Å². The van der Waals surface area contributed by atoms with Gasteiger partial charge in [-0.1, -0.05) is 18.2 Å². The van der Waals surface area contributed by atoms with E-state index in [9.17, 15) is 4.39 Å². The van der Waals surface area contributed by atoms with Gasteiger partial charge in [-0.3, -0.25) is 0 Å². The number of nitrogens with one attached hydrogen (secondary N) is 1. The monoisotopic (exact) mass is 269 g/mol. The quantitative estimate of drug-likeness (QED) is 0.884. The first-order valence-electron chi connectivity index (χ1n) is 5.10. The summed E-state index contributed by atoms with van der Waals surface area (Å²) in [6, 6.07) is 5.86. The summed E-state index contributed by atoms with van der Waals surface area (Å²) in [4.78, 5) is 0. The van der Waals surface area contributed by atoms with Crippen molar-refractivity contribution in [3.05, 3.63) is 40.1 Å². The van der Waals surface area contributed by atoms with Crippen molar-refractivity contribution in [2.45, 2.75) is 18.9 Å². The zero-order valence-electron chi connectivity index (χ0n) is 8.34. The molecule has 1 N–H and O–H groups in total. The summed E-state index contributed by atoms with van der Waals surface area (Å²) >= 11 is 3.13. The molecule has 80 valence electrons. The zero-order chi connectivity index (χ0) is 10.7. The van der Waals surface area contributed by atoms with E-state index in [1.165, 1.54) is 18.9 Å². The molecule has 1 saturated carbocycles. The summed E-state index contributed by atoms with van der Waals surface area (Å²) in [5, 5.41) is 3.36. The second kappa shape index (κ2) is 4.90. The third kappa shape index (κ3) is 3.43. The third-order valence-corrected chi connectivity index (χ3v) is 3.00. The van der Waals surface area contributed by atoms with Crippen LogP contribution in [-0.4, -0.2) is 12.6 Å². The van der Waals surface area contributed by atoms with Crippen molar-refractivity contribution in [3.63, 3.8) is 0 Å². The fraction of sp³-hybridized carbons (Fsp3) is 0.333. The molecule has 1 aliphatic rings. The van der Waals surface area contributed by atoms with Gasteiger partial charge in [0.05, 0.1) is 4.47 Å². The van der Waals surface area contributed by atoms with Crippen LogP contribution in [0, 0.1) is 5.82 Å². The molecule has 0 spiro atoms. The van der Waals surface area contributed by atoms with Gasteiger partial charge >= 0.3 is 0 Å². The fourth-order valence-electron chi connectivity index (χ4n) is 1.33. The molecule has 0 saturated heterocycles. The maximum Gasteiger partial charge on any atom is 0.137 e. The van der Waals surface area contributed by atoms with Gasteiger partial charge in [-0.05, 0) is 46.5 Å². The average molecular weight is 270 g/mol. The summed E-state index contributed by atoms with van der Waals surface area (Å²) in [6.07, 6.45) is 6.55. The Kier molecular flexibility index (Phi) is 3.54. The number of halogens is 2. The molecule has 2 rings (SSSR count). The number of benzene rings is 1. The highest BCUT2D eigenvalue weighted by molar-refractivity contribution is 9.10. The van der Waals surface area contributed by atoms with Gasteiger partial charge in [-0.25, -0.2) is 4.39 Å². The van der Waals surface area contributed by atoms with Crippen LogP contribution in [0.5, 0.6) is 0 Å². The average Bonchev–Trinajstić information content (AvgIpc) is 3.02. The molecule has 1 nitrogen and oxygen atoms in total. The highest BCUT2D eigenvalue weighted by Gasteiger charge is 2.18. The lowest BCUT2D eigenvalue weighted by Crippen LogP contribution is -2.15. The Bertz CT molecular complexity index is 372. The Labute approximate surface area is 97.5 Å². The lowest BCUT2D eigenvalue weighted by molar-refractivity contribution is 0.621. The summed E-state index contributed by atoms with van der Waals surface area (Å²) in [5.74, 6) is -0.215. The van der Waals surface area contributed by atoms with E-state index in [-0.39, 0.29) is 5.82 Å². The van der Waals surface area contributed by atoms with Gasteiger partial charge in [-0.15, -0.1) is 0 Å². The molecule has 1 aromatic rings. The predicted molar refractivity (Wildman–Crippen MR) is 64.2 cm³/mol. The van der Waals surface area contributed by atoms with E-state index in [1.807, 2.05) is 18.2 Å². The van der Waals surface area contributed by atoms with Gasteiger partial charge in [0, 0.05) is 12.6 Å². The molecule has 15 heavy (non-hydrogen) atoms. The Balaban J connectivity index is 1.88. The molecule has 0 amide bonds. The van der Waals surface area contributed by atoms with Crippen LogP contribution in [-0.2, 0) is 0 Å². The van der Waals surface area contributed by atoms with Gasteiger partial charge in [0.1, 0.15) is 5.82 Å². The predicted octanol–water partition coefficient (Wildman–Crippen LogP) is 3.35. The van der Waals surface area contributed by atoms with Gasteiger partial charge < -0.3 is 5.32 Å². The first-order chi connectivity index (χ1) is 7.25. The standard InChI is InChI=1S/C12H13BrFN/c13-11-6-3-9(8-12(11)14)2-1-7-15-10-4-5-10/h1-3,6,8,10,15H,4-5,7H2/b2-1+. The summed E-state index contributed by atoms with van der Waals surface area (Å²) in [6.45, 7) is 0.863. The lowest BCUT2D eigenvalue weighted by atomic mass is 10.2. The molecule has 3 heteroatoms. The van der Waals surface area contributed by atoms with Crippen molar-refractivity contribution in [2.75, 3.05) is 6.54 Å². The molecule has 1 aliphatic carbocycles. The lowest BCUT2D eigenvalue weighted by Gasteiger charge is -1.98. The van der Waals surface area contributed by atoms with E-state index >= 15 is 0 Å². The summed E-state index contributed by atoms with van der Waals surface area (Å²) in [7, 11) is 0. The van der Waals surface area contributed by atoms with E-state index in [4.69, 9.17) is 0 Å². The van der Waals surface area contributed by atoms with E-state index in [1.54, 1.807) is 6.07 Å². The molecular formula is C12H13BrFN. The number of hydrogen-bond acceptors (Lipinski definition) is 1. The van der Waals surface area contributed by atoms with Crippen LogP contribution < -0.4 is 5.32 Å². The minimum atomic E-state index is -0.215. The fourth-order valence-corrected chi connectivity index (χ4v) is 1.58. The molecule has 1 fully saturated rings. The van der Waals surface area contributed by atoms with Gasteiger partial charge in [0.15, 0.2) is 0 Å². The van der Waals surface area contributed by atoms with Crippen LogP contribution in [0.2, 0.25) is 0 Å². The first kappa shape index (κ1) is 10.8. The highest BCUT2D eigenvalue weighted by atomic mass is 79.9. The Morgan fingerprint density at radius 1 is 1.47 bits per heavy atom. The topological polar surface area (TPSA) is 12.0 Å². The van der Waals surface area contributed by atoms with Crippen molar-refractivity contribution < 1.29 is 4.39 Å². The summed E-state index contributed by atoms with van der Waals surface area (Å²) < 4.78 is 13.6. The van der Waals surface area contributed by atoms with Crippen LogP contribution >= 0.6 is 15.9 Å². The van der Waals surface area contributed by atoms with E-state index < -0.39 is 0 Å². The maximum atomic E-state index is 13.1. The van der Waals surface area contributed by atoms with Crippen LogP contribution in [0.15, 0.2) is 28.7 Å². The zero-order valence-corrected chi connectivity index (χ0v) is 9.93. The van der Waals surface area contributed by atoms with E-state index in [2.05, 4.69) is 21.2 Å². The molecule has 0 radical (unpaired) electrons. The molecular weight excluding hydrogens is 257 g/mol. The largest absolute Gasteiger partial charge is 0.311 e. The molecule has 0 bridgehead atoms. The second-order valence-corrected chi connectivity index (χ2v) is 4.61. The third-order valence-electron chi connectivity index (χ3n) is 2.36. The second-order valence-electron chi connectivity index (χ2n) is 3.76. The van der Waals surface area contributed by atoms with Crippen LogP contribution in [0.4, 0.5) is 4.39 Å². The normalized spacial score (nSPS) is 16.1. The molecule has 1 aromatic carbocycles. The van der Waals surface area contributed by atoms with Crippen molar-refractivity contribution in [1.82, 2.24) is 5.32 Å². The van der Waals surface area contributed by atoms with Crippen LogP contribution in [0.1, 0.15) is 18.4 Å². The highest BCUT2D eigenvalue weighted by Crippen LogP contribution is 2.18. The Hall–Kier alpha value is -0.670. The SMILES string of the molecule is Fc1cc(/C=C/CNC2CC2)ccc1Br. The molecule has 0 aromatic heterocycles. The minimum absolute atomic E-state index is 0.215. The van der Waals surface area contributed by atoms with Crippen molar-refractivity contribution in [2.24, 2.45) is 0 Å². The maximum absolute atomic E-state index is 13.1. The smallest absolute Gasteiger partial charge is 0.137 e. The molecule has 0 unspecified atom stereocenters. The van der Waals surface area contributed by atoms with Crippen molar-refractivity contribution >= 4 is 22.0 Å². The molecule has 0 aliphatic heterocycles. The van der Waals surface area contributed by atoms with Crippen LogP contribution in [0.3, 0.4) is 0 Å². The van der Waals surface area contributed by atoms with Crippen molar-refractivity contribution in [3.8, 4) is 0 Å². The number of rotatable bonds is 4. The van der Waals surface area contributed by atoms with E-state index in [0.717, 1.165) is 18.2 Å². The van der Waals surface area contributed by atoms with Gasteiger partial charge in [0.2, 0.25) is 0 Å².